The summed E-state index contributed by atoms with van der Waals surface area (Å²) in [7, 11) is 0. The molecule has 0 aromatic carbocycles. The van der Waals surface area contributed by atoms with Gasteiger partial charge in [-0.2, -0.15) is 5.84 Å². The maximum atomic E-state index is 9.76. The van der Waals surface area contributed by atoms with Gasteiger partial charge in [0.2, 0.25) is 5.91 Å². The summed E-state index contributed by atoms with van der Waals surface area (Å²) in [5.74, 6) is 5.67. The van der Waals surface area contributed by atoms with Gasteiger partial charge in [0.05, 0.1) is 6.54 Å². The highest BCUT2D eigenvalue weighted by Gasteiger charge is 1.86. The summed E-state index contributed by atoms with van der Waals surface area (Å²) in [4.78, 5) is 9.76. The number of hydrogen-bond acceptors (Lipinski definition) is 2. The zero-order valence-corrected chi connectivity index (χ0v) is 3.19. The molecule has 0 saturated heterocycles. The van der Waals surface area contributed by atoms with Crippen molar-refractivity contribution in [3.63, 3.8) is 0 Å². The number of carbonyl (C=O) groups is 1. The molecular weight excluding hydrogens is 82.0 g/mol. The predicted octanol–water partition coefficient (Wildman–Crippen LogP) is -1.74. The Hall–Kier alpha value is -0.610. The van der Waals surface area contributed by atoms with E-state index in [4.69, 9.17) is 11.6 Å². The molecular formula is C2H6N3O. The van der Waals surface area contributed by atoms with Crippen LogP contribution < -0.4 is 17.0 Å². The second kappa shape index (κ2) is 2.62. The number of nitrogens with two attached hydrogens (primary N) is 1. The molecule has 0 aliphatic rings. The zero-order chi connectivity index (χ0) is 4.99. The standard InChI is InChI=1S/C2H6N3O/c3-1-2(6)5-4/h4H,1,3H2,(H,5,6). The van der Waals surface area contributed by atoms with Gasteiger partial charge >= 0.3 is 0 Å². The van der Waals surface area contributed by atoms with Gasteiger partial charge in [-0.25, -0.2) is 0 Å². The number of amides is 1. The van der Waals surface area contributed by atoms with Crippen LogP contribution in [0, 0.1) is 0 Å². The Morgan fingerprint density at radius 1 is 2.00 bits per heavy atom. The lowest BCUT2D eigenvalue weighted by molar-refractivity contribution is -0.119. The Bertz CT molecular complexity index is 46.8. The van der Waals surface area contributed by atoms with E-state index in [0.29, 0.717) is 0 Å². The Balaban J connectivity index is 2.99. The van der Waals surface area contributed by atoms with Gasteiger partial charge in [-0.15, -0.1) is 0 Å². The number of nitrogens with one attached hydrogen (secondary N) is 2. The summed E-state index contributed by atoms with van der Waals surface area (Å²) in [5, 5.41) is 0. The van der Waals surface area contributed by atoms with Crippen LogP contribution in [0.2, 0.25) is 0 Å². The van der Waals surface area contributed by atoms with Gasteiger partial charge in [0.25, 0.3) is 0 Å². The second-order valence-corrected chi connectivity index (χ2v) is 0.752. The molecule has 1 amide bonds. The summed E-state index contributed by atoms with van der Waals surface area (Å²) >= 11 is 0. The molecule has 0 aromatic rings. The molecule has 0 bridgehead atoms. The van der Waals surface area contributed by atoms with E-state index in [-0.39, 0.29) is 6.54 Å². The monoisotopic (exact) mass is 88.1 g/mol. The molecule has 0 aliphatic carbocycles. The first kappa shape index (κ1) is 5.39. The maximum absolute atomic E-state index is 9.76. The molecule has 35 valence electrons. The lowest BCUT2D eigenvalue weighted by Crippen LogP contribution is -2.28. The Morgan fingerprint density at radius 2 is 2.50 bits per heavy atom. The average molecular weight is 88.1 g/mol. The first-order valence-electron chi connectivity index (χ1n) is 1.47. The van der Waals surface area contributed by atoms with E-state index in [1.807, 2.05) is 0 Å². The topological polar surface area (TPSA) is 78.9 Å². The fraction of sp³-hybridized carbons (Fsp3) is 0.500. The van der Waals surface area contributed by atoms with Crippen molar-refractivity contribution in [3.05, 3.63) is 0 Å². The third-order valence-electron chi connectivity index (χ3n) is 0.325. The first-order valence-corrected chi connectivity index (χ1v) is 1.47. The van der Waals surface area contributed by atoms with Crippen LogP contribution in [-0.2, 0) is 4.79 Å². The van der Waals surface area contributed by atoms with Gasteiger partial charge in [0.15, 0.2) is 0 Å². The van der Waals surface area contributed by atoms with Crippen LogP contribution in [0.25, 0.3) is 0 Å². The molecule has 0 fully saturated rings. The average Bonchev–Trinajstić information content (AvgIpc) is 1.65. The largest absolute Gasteiger partial charge is 0.322 e. The third kappa shape index (κ3) is 1.68. The summed E-state index contributed by atoms with van der Waals surface area (Å²) in [5.41, 5.74) is 6.35. The van der Waals surface area contributed by atoms with Crippen molar-refractivity contribution in [3.8, 4) is 0 Å². The van der Waals surface area contributed by atoms with Crippen molar-refractivity contribution in [2.45, 2.75) is 0 Å². The minimum atomic E-state index is -0.463. The molecule has 4 N–H and O–H groups in total. The van der Waals surface area contributed by atoms with E-state index in [0.717, 1.165) is 0 Å². The normalized spacial score (nSPS) is 7.67. The third-order valence-corrected chi connectivity index (χ3v) is 0.325. The molecule has 0 spiro atoms. The zero-order valence-electron chi connectivity index (χ0n) is 3.19. The number of hydrogen-bond donors (Lipinski definition) is 2. The van der Waals surface area contributed by atoms with Crippen LogP contribution in [0.4, 0.5) is 0 Å². The van der Waals surface area contributed by atoms with Crippen molar-refractivity contribution in [2.75, 3.05) is 6.54 Å². The van der Waals surface area contributed by atoms with E-state index in [1.54, 1.807) is 5.43 Å². The molecule has 0 rings (SSSR count). The summed E-state index contributed by atoms with van der Waals surface area (Å²) in [6.45, 7) is -0.108. The van der Waals surface area contributed by atoms with Crippen LogP contribution in [0.15, 0.2) is 0 Å². The first-order chi connectivity index (χ1) is 2.81. The van der Waals surface area contributed by atoms with Crippen molar-refractivity contribution in [1.82, 2.24) is 11.3 Å². The maximum Gasteiger partial charge on any atom is 0.248 e. The number of carbonyl (C=O) groups excluding carboxylic acids is 1. The van der Waals surface area contributed by atoms with E-state index in [2.05, 4.69) is 0 Å². The van der Waals surface area contributed by atoms with E-state index in [9.17, 15) is 4.79 Å². The van der Waals surface area contributed by atoms with Gasteiger partial charge in [-0.3, -0.25) is 10.2 Å². The van der Waals surface area contributed by atoms with Gasteiger partial charge in [-0.05, 0) is 0 Å². The molecule has 0 heterocycles. The minimum absolute atomic E-state index is 0.108. The van der Waals surface area contributed by atoms with Crippen molar-refractivity contribution in [2.24, 2.45) is 5.73 Å². The van der Waals surface area contributed by atoms with Gasteiger partial charge in [0, 0.05) is 0 Å². The van der Waals surface area contributed by atoms with Gasteiger partial charge < -0.3 is 5.73 Å². The highest BCUT2D eigenvalue weighted by atomic mass is 16.2. The quantitative estimate of drug-likeness (QED) is 0.373. The summed E-state index contributed by atoms with van der Waals surface area (Å²) in [6.07, 6.45) is 0. The number of rotatable bonds is 1. The minimum Gasteiger partial charge on any atom is -0.322 e. The Kier molecular flexibility index (Phi) is 2.35. The van der Waals surface area contributed by atoms with E-state index >= 15 is 0 Å². The molecule has 0 saturated carbocycles. The molecule has 1 radical (unpaired) electrons. The molecule has 4 nitrogen and oxygen atoms in total. The smallest absolute Gasteiger partial charge is 0.248 e. The van der Waals surface area contributed by atoms with E-state index in [1.165, 1.54) is 0 Å². The Morgan fingerprint density at radius 3 is 2.50 bits per heavy atom. The van der Waals surface area contributed by atoms with E-state index < -0.39 is 5.91 Å². The van der Waals surface area contributed by atoms with Crippen molar-refractivity contribution < 1.29 is 4.79 Å². The molecule has 4 heteroatoms. The molecule has 0 atom stereocenters. The molecule has 6 heavy (non-hydrogen) atoms. The molecule has 0 aromatic heterocycles. The highest BCUT2D eigenvalue weighted by molar-refractivity contribution is 5.76. The lowest BCUT2D eigenvalue weighted by atomic mass is 10.7. The van der Waals surface area contributed by atoms with Gasteiger partial charge in [-0.1, -0.05) is 0 Å². The second-order valence-electron chi connectivity index (χ2n) is 0.752. The SMILES string of the molecule is [NH]NC(=O)CN. The van der Waals surface area contributed by atoms with Crippen LogP contribution in [0.3, 0.4) is 0 Å². The summed E-state index contributed by atoms with van der Waals surface area (Å²) < 4.78 is 0. The van der Waals surface area contributed by atoms with Crippen LogP contribution >= 0.6 is 0 Å². The fourth-order valence-corrected chi connectivity index (χ4v) is 0.0510. The fourth-order valence-electron chi connectivity index (χ4n) is 0.0510. The Labute approximate surface area is 35.5 Å². The molecule has 0 unspecified atom stereocenters. The van der Waals surface area contributed by atoms with Crippen molar-refractivity contribution >= 4 is 5.91 Å². The summed E-state index contributed by atoms with van der Waals surface area (Å²) in [6, 6.07) is 0. The van der Waals surface area contributed by atoms with Gasteiger partial charge in [0.1, 0.15) is 0 Å². The predicted molar refractivity (Wildman–Crippen MR) is 20.3 cm³/mol. The van der Waals surface area contributed by atoms with Crippen LogP contribution in [0.5, 0.6) is 0 Å². The van der Waals surface area contributed by atoms with Crippen LogP contribution in [-0.4, -0.2) is 12.5 Å². The highest BCUT2D eigenvalue weighted by Crippen LogP contribution is 1.45. The lowest BCUT2D eigenvalue weighted by Gasteiger charge is -1.86. The van der Waals surface area contributed by atoms with Crippen LogP contribution in [0.1, 0.15) is 0 Å². The molecule has 0 aliphatic heterocycles. The van der Waals surface area contributed by atoms with Crippen molar-refractivity contribution in [1.29, 1.82) is 0 Å².